The van der Waals surface area contributed by atoms with E-state index in [-0.39, 0.29) is 16.9 Å². The number of benzene rings is 2. The first-order valence-corrected chi connectivity index (χ1v) is 7.88. The lowest BCUT2D eigenvalue weighted by Gasteiger charge is -2.26. The van der Waals surface area contributed by atoms with Crippen molar-refractivity contribution in [3.8, 4) is 11.5 Å². The van der Waals surface area contributed by atoms with Gasteiger partial charge in [0.05, 0.1) is 12.5 Å². The molecular formula is C21H26O3. The molecule has 24 heavy (non-hydrogen) atoms. The topological polar surface area (TPSA) is 49.7 Å². The van der Waals surface area contributed by atoms with Gasteiger partial charge in [-0.05, 0) is 49.2 Å². The molecule has 2 rings (SSSR count). The molecule has 0 spiro atoms. The highest BCUT2D eigenvalue weighted by atomic mass is 16.5. The van der Waals surface area contributed by atoms with E-state index in [4.69, 9.17) is 4.74 Å². The minimum Gasteiger partial charge on any atom is -0.508 e. The number of phenols is 2. The van der Waals surface area contributed by atoms with Crippen LogP contribution in [0.1, 0.15) is 38.8 Å². The Hall–Kier alpha value is -2.68. The fourth-order valence-electron chi connectivity index (χ4n) is 2.13. The average molecular weight is 326 g/mol. The number of ether oxygens (including phenoxy) is 1. The highest BCUT2D eigenvalue weighted by molar-refractivity contribution is 5.41. The summed E-state index contributed by atoms with van der Waals surface area (Å²) in [5.74, 6) is 0.547. The van der Waals surface area contributed by atoms with Crippen LogP contribution in [-0.2, 0) is 10.2 Å². The first-order chi connectivity index (χ1) is 11.4. The van der Waals surface area contributed by atoms with Crippen molar-refractivity contribution in [2.24, 2.45) is 0 Å². The maximum Gasteiger partial charge on any atom is 0.115 e. The maximum absolute atomic E-state index is 9.30. The van der Waals surface area contributed by atoms with E-state index in [9.17, 15) is 10.2 Å². The molecule has 0 aliphatic heterocycles. The number of allylic oxidation sites excluding steroid dienone is 2. The quantitative estimate of drug-likeness (QED) is 0.730. The third kappa shape index (κ3) is 5.84. The maximum atomic E-state index is 9.30. The standard InChI is InChI=1S/C15H16O2.C6H10O/c1-15(2,11-3-7-13(16)8-4-11)12-5-9-14(17)10-6-12;1-3-5-7-6-4-2/h3-10,16-17H,1-2H3;3-6H,1-2H3. The smallest absolute Gasteiger partial charge is 0.115 e. The molecule has 0 aliphatic carbocycles. The van der Waals surface area contributed by atoms with Crippen LogP contribution in [0.3, 0.4) is 0 Å². The molecule has 2 N–H and O–H groups in total. The van der Waals surface area contributed by atoms with Crippen LogP contribution in [0.15, 0.2) is 73.2 Å². The predicted octanol–water partition coefficient (Wildman–Crippen LogP) is 5.49. The first-order valence-electron chi connectivity index (χ1n) is 7.88. The van der Waals surface area contributed by atoms with Crippen molar-refractivity contribution in [1.29, 1.82) is 0 Å². The van der Waals surface area contributed by atoms with Crippen LogP contribution in [0.25, 0.3) is 0 Å². The molecule has 2 aromatic rings. The van der Waals surface area contributed by atoms with E-state index in [2.05, 4.69) is 13.8 Å². The molecule has 0 aliphatic rings. The summed E-state index contributed by atoms with van der Waals surface area (Å²) in [6.45, 7) is 8.05. The lowest BCUT2D eigenvalue weighted by atomic mass is 9.78. The second-order valence-electron chi connectivity index (χ2n) is 5.79. The van der Waals surface area contributed by atoms with Crippen molar-refractivity contribution >= 4 is 0 Å². The molecule has 3 heteroatoms. The lowest BCUT2D eigenvalue weighted by Crippen LogP contribution is -2.18. The van der Waals surface area contributed by atoms with Gasteiger partial charge < -0.3 is 14.9 Å². The summed E-state index contributed by atoms with van der Waals surface area (Å²) in [4.78, 5) is 0. The van der Waals surface area contributed by atoms with Crippen molar-refractivity contribution < 1.29 is 14.9 Å². The Morgan fingerprint density at radius 3 is 1.33 bits per heavy atom. The fraction of sp³-hybridized carbons (Fsp3) is 0.238. The van der Waals surface area contributed by atoms with E-state index in [1.165, 1.54) is 0 Å². The highest BCUT2D eigenvalue weighted by Gasteiger charge is 2.22. The van der Waals surface area contributed by atoms with E-state index in [1.54, 1.807) is 36.8 Å². The lowest BCUT2D eigenvalue weighted by molar-refractivity contribution is 0.401. The van der Waals surface area contributed by atoms with E-state index in [1.807, 2.05) is 50.3 Å². The van der Waals surface area contributed by atoms with Crippen LogP contribution in [0.2, 0.25) is 0 Å². The second kappa shape index (κ2) is 9.46. The summed E-state index contributed by atoms with van der Waals surface area (Å²) in [5.41, 5.74) is 2.10. The molecule has 0 radical (unpaired) electrons. The molecule has 128 valence electrons. The summed E-state index contributed by atoms with van der Waals surface area (Å²) in [6.07, 6.45) is 6.92. The third-order valence-electron chi connectivity index (χ3n) is 3.61. The Labute approximate surface area is 144 Å². The van der Waals surface area contributed by atoms with Gasteiger partial charge in [-0.1, -0.05) is 50.3 Å². The van der Waals surface area contributed by atoms with E-state index in [0.717, 1.165) is 11.1 Å². The SMILES string of the molecule is CC(C)(c1ccc(O)cc1)c1ccc(O)cc1.CC=COC=CC. The molecule has 0 atom stereocenters. The Morgan fingerprint density at radius 1 is 0.708 bits per heavy atom. The van der Waals surface area contributed by atoms with Gasteiger partial charge in [-0.3, -0.25) is 0 Å². The normalized spacial score (nSPS) is 11.3. The number of rotatable bonds is 4. The van der Waals surface area contributed by atoms with Crippen molar-refractivity contribution in [3.05, 3.63) is 84.3 Å². The van der Waals surface area contributed by atoms with Crippen LogP contribution in [0.4, 0.5) is 0 Å². The monoisotopic (exact) mass is 326 g/mol. The molecule has 0 saturated heterocycles. The molecule has 0 saturated carbocycles. The first kappa shape index (κ1) is 19.4. The molecule has 0 heterocycles. The average Bonchev–Trinajstić information content (AvgIpc) is 2.57. The number of aromatic hydroxyl groups is 2. The van der Waals surface area contributed by atoms with Gasteiger partial charge >= 0.3 is 0 Å². The minimum atomic E-state index is -0.151. The minimum absolute atomic E-state index is 0.151. The van der Waals surface area contributed by atoms with E-state index >= 15 is 0 Å². The molecular weight excluding hydrogens is 300 g/mol. The summed E-state index contributed by atoms with van der Waals surface area (Å²) < 4.78 is 4.77. The van der Waals surface area contributed by atoms with Gasteiger partial charge in [-0.2, -0.15) is 0 Å². The summed E-state index contributed by atoms with van der Waals surface area (Å²) in [6, 6.07) is 14.4. The highest BCUT2D eigenvalue weighted by Crippen LogP contribution is 2.32. The van der Waals surface area contributed by atoms with Gasteiger partial charge in [0.15, 0.2) is 0 Å². The van der Waals surface area contributed by atoms with Crippen molar-refractivity contribution in [3.63, 3.8) is 0 Å². The van der Waals surface area contributed by atoms with Crippen molar-refractivity contribution in [1.82, 2.24) is 0 Å². The third-order valence-corrected chi connectivity index (χ3v) is 3.61. The molecule has 0 unspecified atom stereocenters. The second-order valence-corrected chi connectivity index (χ2v) is 5.79. The Morgan fingerprint density at radius 2 is 1.04 bits per heavy atom. The van der Waals surface area contributed by atoms with Gasteiger partial charge in [0.1, 0.15) is 11.5 Å². The summed E-state index contributed by atoms with van der Waals surface area (Å²) in [5, 5.41) is 18.6. The van der Waals surface area contributed by atoms with Gasteiger partial charge in [-0.15, -0.1) is 0 Å². The molecule has 2 aromatic carbocycles. The van der Waals surface area contributed by atoms with Crippen molar-refractivity contribution in [2.45, 2.75) is 33.1 Å². The molecule has 0 amide bonds. The predicted molar refractivity (Wildman–Crippen MR) is 99.1 cm³/mol. The van der Waals surface area contributed by atoms with Crippen LogP contribution in [0, 0.1) is 0 Å². The molecule has 0 aromatic heterocycles. The summed E-state index contributed by atoms with van der Waals surface area (Å²) in [7, 11) is 0. The van der Waals surface area contributed by atoms with Crippen molar-refractivity contribution in [2.75, 3.05) is 0 Å². The zero-order valence-electron chi connectivity index (χ0n) is 14.7. The zero-order chi connectivity index (χ0) is 18.0. The zero-order valence-corrected chi connectivity index (χ0v) is 14.7. The van der Waals surface area contributed by atoms with Crippen LogP contribution < -0.4 is 0 Å². The fourth-order valence-corrected chi connectivity index (χ4v) is 2.13. The molecule has 0 fully saturated rings. The summed E-state index contributed by atoms with van der Waals surface area (Å²) >= 11 is 0. The van der Waals surface area contributed by atoms with Crippen LogP contribution >= 0.6 is 0 Å². The van der Waals surface area contributed by atoms with Gasteiger partial charge in [0, 0.05) is 5.41 Å². The van der Waals surface area contributed by atoms with Gasteiger partial charge in [-0.25, -0.2) is 0 Å². The van der Waals surface area contributed by atoms with Crippen LogP contribution in [-0.4, -0.2) is 10.2 Å². The Kier molecular flexibility index (Phi) is 7.63. The van der Waals surface area contributed by atoms with E-state index in [0.29, 0.717) is 0 Å². The van der Waals surface area contributed by atoms with Gasteiger partial charge in [0.2, 0.25) is 0 Å². The number of hydrogen-bond acceptors (Lipinski definition) is 3. The largest absolute Gasteiger partial charge is 0.508 e. The van der Waals surface area contributed by atoms with Crippen LogP contribution in [0.5, 0.6) is 11.5 Å². The number of phenolic OH excluding ortho intramolecular Hbond substituents is 2. The molecule has 0 bridgehead atoms. The van der Waals surface area contributed by atoms with E-state index < -0.39 is 0 Å². The Bertz CT molecular complexity index is 593. The number of hydrogen-bond donors (Lipinski definition) is 2. The Balaban J connectivity index is 0.000000351. The molecule has 3 nitrogen and oxygen atoms in total. The van der Waals surface area contributed by atoms with Gasteiger partial charge in [0.25, 0.3) is 0 Å².